The predicted octanol–water partition coefficient (Wildman–Crippen LogP) is 4.91. The first-order valence-electron chi connectivity index (χ1n) is 11.3. The molecule has 3 rings (SSSR count). The first-order chi connectivity index (χ1) is 16.5. The Morgan fingerprint density at radius 1 is 0.971 bits per heavy atom. The van der Waals surface area contributed by atoms with Gasteiger partial charge in [-0.3, -0.25) is 4.79 Å². The lowest BCUT2D eigenvalue weighted by atomic mass is 10.2. The number of hydrogen-bond donors (Lipinski definition) is 1. The van der Waals surface area contributed by atoms with Crippen LogP contribution in [0.1, 0.15) is 24.7 Å². The third-order valence-corrected chi connectivity index (χ3v) is 5.13. The molecule has 0 bridgehead atoms. The van der Waals surface area contributed by atoms with Crippen molar-refractivity contribution in [3.63, 3.8) is 0 Å². The number of benzene rings is 2. The van der Waals surface area contributed by atoms with Gasteiger partial charge in [-0.25, -0.2) is 9.18 Å². The maximum atomic E-state index is 13.4. The molecule has 0 saturated heterocycles. The average molecular weight is 468 g/mol. The number of amides is 3. The number of urea groups is 1. The minimum atomic E-state index is -0.365. The van der Waals surface area contributed by atoms with Gasteiger partial charge in [0, 0.05) is 32.0 Å². The smallest absolute Gasteiger partial charge is 0.322 e. The van der Waals surface area contributed by atoms with Crippen molar-refractivity contribution in [2.75, 3.05) is 31.6 Å². The van der Waals surface area contributed by atoms with Crippen molar-refractivity contribution in [3.8, 4) is 0 Å². The van der Waals surface area contributed by atoms with Crippen LogP contribution >= 0.6 is 0 Å². The Labute approximate surface area is 199 Å². The van der Waals surface area contributed by atoms with Crippen LogP contribution in [0.15, 0.2) is 77.4 Å². The van der Waals surface area contributed by atoms with E-state index in [0.717, 1.165) is 5.56 Å². The fourth-order valence-electron chi connectivity index (χ4n) is 3.37. The fourth-order valence-corrected chi connectivity index (χ4v) is 3.37. The Morgan fingerprint density at radius 3 is 2.41 bits per heavy atom. The van der Waals surface area contributed by atoms with Crippen LogP contribution in [0, 0.1) is 5.82 Å². The number of hydrogen-bond acceptors (Lipinski definition) is 4. The number of nitrogens with one attached hydrogen (secondary N) is 1. The highest BCUT2D eigenvalue weighted by Gasteiger charge is 2.22. The molecule has 0 spiro atoms. The molecule has 0 aliphatic carbocycles. The predicted molar refractivity (Wildman–Crippen MR) is 128 cm³/mol. The zero-order valence-corrected chi connectivity index (χ0v) is 19.3. The van der Waals surface area contributed by atoms with E-state index in [1.807, 2.05) is 25.1 Å². The molecule has 2 aromatic carbocycles. The summed E-state index contributed by atoms with van der Waals surface area (Å²) in [5, 5.41) is 2.84. The van der Waals surface area contributed by atoms with E-state index in [-0.39, 0.29) is 37.4 Å². The van der Waals surface area contributed by atoms with E-state index < -0.39 is 0 Å². The second-order valence-electron chi connectivity index (χ2n) is 7.72. The van der Waals surface area contributed by atoms with Crippen LogP contribution in [0.4, 0.5) is 14.9 Å². The van der Waals surface area contributed by atoms with E-state index in [2.05, 4.69) is 5.32 Å². The lowest BCUT2D eigenvalue weighted by Crippen LogP contribution is -2.44. The number of furan rings is 1. The van der Waals surface area contributed by atoms with E-state index in [1.54, 1.807) is 47.6 Å². The molecule has 0 radical (unpaired) electrons. The maximum absolute atomic E-state index is 13.4. The van der Waals surface area contributed by atoms with Crippen molar-refractivity contribution in [3.05, 3.63) is 90.1 Å². The first-order valence-corrected chi connectivity index (χ1v) is 11.3. The van der Waals surface area contributed by atoms with Crippen LogP contribution in [-0.2, 0) is 22.6 Å². The number of carbonyl (C=O) groups is 2. The van der Waals surface area contributed by atoms with E-state index in [9.17, 15) is 14.0 Å². The van der Waals surface area contributed by atoms with Crippen LogP contribution in [0.3, 0.4) is 0 Å². The van der Waals surface area contributed by atoms with Gasteiger partial charge in [-0.15, -0.1) is 0 Å². The van der Waals surface area contributed by atoms with Crippen molar-refractivity contribution in [2.24, 2.45) is 0 Å². The average Bonchev–Trinajstić information content (AvgIpc) is 3.35. The Hall–Kier alpha value is -3.65. The van der Waals surface area contributed by atoms with E-state index in [1.165, 1.54) is 17.0 Å². The quantitative estimate of drug-likeness (QED) is 0.384. The van der Waals surface area contributed by atoms with Crippen molar-refractivity contribution in [1.29, 1.82) is 0 Å². The van der Waals surface area contributed by atoms with E-state index in [4.69, 9.17) is 9.15 Å². The van der Waals surface area contributed by atoms with Crippen LogP contribution in [0.5, 0.6) is 0 Å². The summed E-state index contributed by atoms with van der Waals surface area (Å²) in [4.78, 5) is 29.4. The molecule has 3 aromatic rings. The first kappa shape index (κ1) is 25.0. The molecule has 7 nitrogen and oxygen atoms in total. The summed E-state index contributed by atoms with van der Waals surface area (Å²) in [5.74, 6) is 0.0261. The Balaban J connectivity index is 1.72. The van der Waals surface area contributed by atoms with Crippen molar-refractivity contribution in [1.82, 2.24) is 9.80 Å². The SMILES string of the molecule is CCOCCCN(CC(=O)N(Cc1ccc(F)cc1)Cc1ccco1)C(=O)Nc1ccccc1. The normalized spacial score (nSPS) is 10.6. The summed E-state index contributed by atoms with van der Waals surface area (Å²) in [6, 6.07) is 18.3. The summed E-state index contributed by atoms with van der Waals surface area (Å²) in [5.41, 5.74) is 1.42. The summed E-state index contributed by atoms with van der Waals surface area (Å²) < 4.78 is 24.2. The molecule has 0 aliphatic rings. The monoisotopic (exact) mass is 467 g/mol. The van der Waals surface area contributed by atoms with Gasteiger partial charge in [-0.05, 0) is 55.3 Å². The Bertz CT molecular complexity index is 1010. The lowest BCUT2D eigenvalue weighted by Gasteiger charge is -2.27. The second kappa shape index (κ2) is 13.2. The van der Waals surface area contributed by atoms with Crippen molar-refractivity contribution in [2.45, 2.75) is 26.4 Å². The zero-order chi connectivity index (χ0) is 24.2. The van der Waals surface area contributed by atoms with Crippen molar-refractivity contribution < 1.29 is 23.1 Å². The van der Waals surface area contributed by atoms with E-state index in [0.29, 0.717) is 37.6 Å². The third kappa shape index (κ3) is 8.04. The van der Waals surface area contributed by atoms with Crippen LogP contribution in [0.2, 0.25) is 0 Å². The fraction of sp³-hybridized carbons (Fsp3) is 0.308. The third-order valence-electron chi connectivity index (χ3n) is 5.13. The minimum absolute atomic E-state index is 0.118. The molecule has 1 aromatic heterocycles. The Morgan fingerprint density at radius 2 is 1.74 bits per heavy atom. The highest BCUT2D eigenvalue weighted by atomic mass is 19.1. The summed E-state index contributed by atoms with van der Waals surface area (Å²) in [7, 11) is 0. The van der Waals surface area contributed by atoms with Crippen molar-refractivity contribution >= 4 is 17.6 Å². The molecule has 0 saturated carbocycles. The molecule has 0 fully saturated rings. The number of anilines is 1. The Kier molecular flexibility index (Phi) is 9.66. The van der Waals surface area contributed by atoms with Crippen LogP contribution in [0.25, 0.3) is 0 Å². The van der Waals surface area contributed by atoms with Gasteiger partial charge in [0.1, 0.15) is 18.1 Å². The lowest BCUT2D eigenvalue weighted by molar-refractivity contribution is -0.133. The van der Waals surface area contributed by atoms with Gasteiger partial charge < -0.3 is 24.3 Å². The number of nitrogens with zero attached hydrogens (tertiary/aromatic N) is 2. The largest absolute Gasteiger partial charge is 0.467 e. The summed E-state index contributed by atoms with van der Waals surface area (Å²) in [6.45, 7) is 3.71. The van der Waals surface area contributed by atoms with Crippen LogP contribution in [-0.4, -0.2) is 48.0 Å². The number of rotatable bonds is 12. The molecule has 180 valence electrons. The molecule has 0 atom stereocenters. The summed E-state index contributed by atoms with van der Waals surface area (Å²) in [6.07, 6.45) is 2.14. The zero-order valence-electron chi connectivity index (χ0n) is 19.3. The molecule has 8 heteroatoms. The molecule has 1 heterocycles. The van der Waals surface area contributed by atoms with Gasteiger partial charge in [-0.2, -0.15) is 0 Å². The molecule has 34 heavy (non-hydrogen) atoms. The van der Waals surface area contributed by atoms with Gasteiger partial charge >= 0.3 is 6.03 Å². The highest BCUT2D eigenvalue weighted by Crippen LogP contribution is 2.14. The number of carbonyl (C=O) groups excluding carboxylic acids is 2. The summed E-state index contributed by atoms with van der Waals surface area (Å²) >= 11 is 0. The standard InChI is InChI=1S/C26H30FN3O4/c1-2-33-16-7-15-29(26(32)28-23-8-4-3-5-9-23)20-25(31)30(19-24-10-6-17-34-24)18-21-11-13-22(27)14-12-21/h3-6,8-14,17H,2,7,15-16,18-20H2,1H3,(H,28,32). The van der Waals surface area contributed by atoms with Gasteiger partial charge in [0.25, 0.3) is 0 Å². The van der Waals surface area contributed by atoms with Gasteiger partial charge in [0.15, 0.2) is 0 Å². The molecule has 0 unspecified atom stereocenters. The molecular formula is C26H30FN3O4. The number of ether oxygens (including phenoxy) is 1. The number of para-hydroxylation sites is 1. The molecule has 0 aliphatic heterocycles. The van der Waals surface area contributed by atoms with Gasteiger partial charge in [0.2, 0.25) is 5.91 Å². The van der Waals surface area contributed by atoms with Gasteiger partial charge in [-0.1, -0.05) is 30.3 Å². The maximum Gasteiger partial charge on any atom is 0.322 e. The van der Waals surface area contributed by atoms with E-state index >= 15 is 0 Å². The minimum Gasteiger partial charge on any atom is -0.467 e. The van der Waals surface area contributed by atoms with Gasteiger partial charge in [0.05, 0.1) is 12.8 Å². The second-order valence-corrected chi connectivity index (χ2v) is 7.72. The molecule has 1 N–H and O–H groups in total. The molecule has 3 amide bonds. The number of halogens is 1. The topological polar surface area (TPSA) is 75.0 Å². The van der Waals surface area contributed by atoms with Crippen LogP contribution < -0.4 is 5.32 Å². The highest BCUT2D eigenvalue weighted by molar-refractivity contribution is 5.92. The molecular weight excluding hydrogens is 437 g/mol.